The number of furan rings is 1. The molecule has 1 aromatic carbocycles. The van der Waals surface area contributed by atoms with Crippen LogP contribution in [-0.2, 0) is 22.4 Å². The topological polar surface area (TPSA) is 48.7 Å². The molecule has 0 bridgehead atoms. The molecule has 1 heterocycles. The summed E-state index contributed by atoms with van der Waals surface area (Å²) in [6.07, 6.45) is 7.77. The molecule has 0 aliphatic heterocycles. The molecule has 1 aliphatic rings. The third-order valence-corrected chi connectivity index (χ3v) is 4.74. The zero-order valence-corrected chi connectivity index (χ0v) is 14.6. The van der Waals surface area contributed by atoms with Crippen LogP contribution in [0.1, 0.15) is 56.8 Å². The van der Waals surface area contributed by atoms with Gasteiger partial charge in [0.05, 0.1) is 7.11 Å². The Morgan fingerprint density at radius 2 is 2.08 bits per heavy atom. The van der Waals surface area contributed by atoms with E-state index in [4.69, 9.17) is 13.9 Å². The molecule has 0 saturated carbocycles. The lowest BCUT2D eigenvalue weighted by molar-refractivity contribution is -0.149. The zero-order valence-electron chi connectivity index (χ0n) is 14.6. The molecule has 0 saturated heterocycles. The first-order valence-electron chi connectivity index (χ1n) is 9.01. The average molecular weight is 330 g/mol. The standard InChI is InChI=1S/C20H26O4/c1-3-4-5-10-19(20(21)22-2)23-14-11-12-18-16(13-14)15-8-6-7-9-17(15)24-18/h11-13,19H,3-10H2,1-2H3. The molecule has 4 heteroatoms. The molecule has 1 unspecified atom stereocenters. The Bertz CT molecular complexity index is 701. The van der Waals surface area contributed by atoms with Crippen molar-refractivity contribution in [2.24, 2.45) is 0 Å². The van der Waals surface area contributed by atoms with Crippen molar-refractivity contribution in [3.63, 3.8) is 0 Å². The van der Waals surface area contributed by atoms with Gasteiger partial charge in [-0.25, -0.2) is 4.79 Å². The molecule has 0 fully saturated rings. The van der Waals surface area contributed by atoms with E-state index in [0.29, 0.717) is 12.2 Å². The summed E-state index contributed by atoms with van der Waals surface area (Å²) in [6.45, 7) is 2.14. The highest BCUT2D eigenvalue weighted by Crippen LogP contribution is 2.34. The third-order valence-electron chi connectivity index (χ3n) is 4.74. The maximum absolute atomic E-state index is 12.0. The SMILES string of the molecule is CCCCCC(Oc1ccc2oc3c(c2c1)CCCC3)C(=O)OC. The third kappa shape index (κ3) is 3.58. The minimum absolute atomic E-state index is 0.305. The van der Waals surface area contributed by atoms with Crippen molar-refractivity contribution in [3.8, 4) is 5.75 Å². The van der Waals surface area contributed by atoms with E-state index in [1.165, 1.54) is 25.5 Å². The number of hydrogen-bond donors (Lipinski definition) is 0. The van der Waals surface area contributed by atoms with E-state index < -0.39 is 6.10 Å². The number of aryl methyl sites for hydroxylation is 2. The van der Waals surface area contributed by atoms with Crippen LogP contribution in [0.15, 0.2) is 22.6 Å². The van der Waals surface area contributed by atoms with Crippen LogP contribution in [0.25, 0.3) is 11.0 Å². The molecular weight excluding hydrogens is 304 g/mol. The van der Waals surface area contributed by atoms with Gasteiger partial charge in [-0.15, -0.1) is 0 Å². The highest BCUT2D eigenvalue weighted by molar-refractivity contribution is 5.84. The summed E-state index contributed by atoms with van der Waals surface area (Å²) in [5, 5.41) is 1.12. The summed E-state index contributed by atoms with van der Waals surface area (Å²) in [7, 11) is 1.41. The van der Waals surface area contributed by atoms with Crippen LogP contribution in [-0.4, -0.2) is 19.2 Å². The van der Waals surface area contributed by atoms with Crippen LogP contribution in [0.4, 0.5) is 0 Å². The maximum Gasteiger partial charge on any atom is 0.347 e. The first-order valence-corrected chi connectivity index (χ1v) is 9.01. The van der Waals surface area contributed by atoms with Gasteiger partial charge in [0.2, 0.25) is 0 Å². The van der Waals surface area contributed by atoms with E-state index in [2.05, 4.69) is 6.92 Å². The van der Waals surface area contributed by atoms with Crippen LogP contribution in [0, 0.1) is 0 Å². The van der Waals surface area contributed by atoms with Gasteiger partial charge in [0.25, 0.3) is 0 Å². The summed E-state index contributed by atoms with van der Waals surface area (Å²) in [6, 6.07) is 5.84. The summed E-state index contributed by atoms with van der Waals surface area (Å²) in [5.41, 5.74) is 2.22. The van der Waals surface area contributed by atoms with Crippen LogP contribution in [0.5, 0.6) is 5.75 Å². The minimum atomic E-state index is -0.540. The Morgan fingerprint density at radius 3 is 2.88 bits per heavy atom. The fourth-order valence-corrected chi connectivity index (χ4v) is 3.42. The van der Waals surface area contributed by atoms with Crippen molar-refractivity contribution < 1.29 is 18.7 Å². The van der Waals surface area contributed by atoms with Gasteiger partial charge < -0.3 is 13.9 Å². The lowest BCUT2D eigenvalue weighted by Gasteiger charge is -2.17. The summed E-state index contributed by atoms with van der Waals surface area (Å²) in [4.78, 5) is 12.0. The number of benzene rings is 1. The Morgan fingerprint density at radius 1 is 1.25 bits per heavy atom. The van der Waals surface area contributed by atoms with E-state index in [9.17, 15) is 4.79 Å². The number of rotatable bonds is 7. The largest absolute Gasteiger partial charge is 0.479 e. The van der Waals surface area contributed by atoms with Crippen molar-refractivity contribution >= 4 is 16.9 Å². The minimum Gasteiger partial charge on any atom is -0.479 e. The van der Waals surface area contributed by atoms with E-state index in [-0.39, 0.29) is 5.97 Å². The molecule has 0 radical (unpaired) electrons. The monoisotopic (exact) mass is 330 g/mol. The number of unbranched alkanes of at least 4 members (excludes halogenated alkanes) is 2. The van der Waals surface area contributed by atoms with Gasteiger partial charge in [0.15, 0.2) is 6.10 Å². The summed E-state index contributed by atoms with van der Waals surface area (Å²) >= 11 is 0. The molecule has 24 heavy (non-hydrogen) atoms. The van der Waals surface area contributed by atoms with Gasteiger partial charge in [-0.2, -0.15) is 0 Å². The first kappa shape index (κ1) is 16.9. The van der Waals surface area contributed by atoms with Gasteiger partial charge >= 0.3 is 5.97 Å². The van der Waals surface area contributed by atoms with E-state index >= 15 is 0 Å². The summed E-state index contributed by atoms with van der Waals surface area (Å²) in [5.74, 6) is 1.52. The van der Waals surface area contributed by atoms with Crippen LogP contribution >= 0.6 is 0 Å². The van der Waals surface area contributed by atoms with Crippen molar-refractivity contribution in [2.75, 3.05) is 7.11 Å². The Hall–Kier alpha value is -1.97. The lowest BCUT2D eigenvalue weighted by atomic mass is 9.96. The van der Waals surface area contributed by atoms with Gasteiger partial charge in [0, 0.05) is 17.4 Å². The molecular formula is C20H26O4. The quantitative estimate of drug-likeness (QED) is 0.540. The number of hydrogen-bond acceptors (Lipinski definition) is 4. The van der Waals surface area contributed by atoms with Crippen LogP contribution in [0.2, 0.25) is 0 Å². The molecule has 3 rings (SSSR count). The second kappa shape index (κ2) is 7.73. The zero-order chi connectivity index (χ0) is 16.9. The second-order valence-electron chi connectivity index (χ2n) is 6.49. The number of ether oxygens (including phenoxy) is 2. The first-order chi connectivity index (χ1) is 11.7. The van der Waals surface area contributed by atoms with Crippen molar-refractivity contribution in [1.82, 2.24) is 0 Å². The number of carbonyl (C=O) groups is 1. The Kier molecular flexibility index (Phi) is 5.44. The molecule has 0 N–H and O–H groups in total. The number of esters is 1. The second-order valence-corrected chi connectivity index (χ2v) is 6.49. The van der Waals surface area contributed by atoms with E-state index in [1.807, 2.05) is 18.2 Å². The fraction of sp³-hybridized carbons (Fsp3) is 0.550. The average Bonchev–Trinajstić information content (AvgIpc) is 2.98. The molecule has 1 atom stereocenters. The van der Waals surface area contributed by atoms with Gasteiger partial charge in [-0.1, -0.05) is 19.8 Å². The molecule has 2 aromatic rings. The molecule has 1 aromatic heterocycles. The van der Waals surface area contributed by atoms with E-state index in [1.54, 1.807) is 0 Å². The molecule has 130 valence electrons. The molecule has 0 spiro atoms. The molecule has 0 amide bonds. The highest BCUT2D eigenvalue weighted by atomic mass is 16.6. The number of carbonyl (C=O) groups excluding carboxylic acids is 1. The van der Waals surface area contributed by atoms with Crippen LogP contribution in [0.3, 0.4) is 0 Å². The van der Waals surface area contributed by atoms with Gasteiger partial charge in [-0.05, 0) is 50.3 Å². The van der Waals surface area contributed by atoms with Gasteiger partial charge in [0.1, 0.15) is 17.1 Å². The Labute approximate surface area is 143 Å². The van der Waals surface area contributed by atoms with E-state index in [0.717, 1.165) is 48.8 Å². The maximum atomic E-state index is 12.0. The number of fused-ring (bicyclic) bond motifs is 3. The lowest BCUT2D eigenvalue weighted by Crippen LogP contribution is -2.28. The molecule has 1 aliphatic carbocycles. The molecule has 4 nitrogen and oxygen atoms in total. The van der Waals surface area contributed by atoms with Crippen molar-refractivity contribution in [1.29, 1.82) is 0 Å². The predicted molar refractivity (Wildman–Crippen MR) is 93.4 cm³/mol. The summed E-state index contributed by atoms with van der Waals surface area (Å²) < 4.78 is 16.8. The predicted octanol–water partition coefficient (Wildman–Crippen LogP) is 4.81. The fourth-order valence-electron chi connectivity index (χ4n) is 3.42. The Balaban J connectivity index is 1.80. The van der Waals surface area contributed by atoms with Gasteiger partial charge in [-0.3, -0.25) is 0 Å². The smallest absolute Gasteiger partial charge is 0.347 e. The highest BCUT2D eigenvalue weighted by Gasteiger charge is 2.22. The number of methoxy groups -OCH3 is 1. The van der Waals surface area contributed by atoms with Crippen molar-refractivity contribution in [3.05, 3.63) is 29.5 Å². The normalized spacial score (nSPS) is 15.1. The van der Waals surface area contributed by atoms with Crippen molar-refractivity contribution in [2.45, 2.75) is 64.4 Å². The van der Waals surface area contributed by atoms with Crippen LogP contribution < -0.4 is 4.74 Å².